The second-order valence-corrected chi connectivity index (χ2v) is 5.98. The molecule has 1 atom stereocenters. The average molecular weight is 213 g/mol. The Bertz CT molecular complexity index is 240. The summed E-state index contributed by atoms with van der Waals surface area (Å²) in [6.45, 7) is 9.69. The molecule has 0 radical (unpaired) electrons. The van der Waals surface area contributed by atoms with Gasteiger partial charge in [-0.2, -0.15) is 0 Å². The number of rotatable bonds is 2. The van der Waals surface area contributed by atoms with Crippen molar-refractivity contribution in [2.75, 3.05) is 19.6 Å². The molecule has 1 saturated heterocycles. The topological polar surface area (TPSA) is 40.5 Å². The van der Waals surface area contributed by atoms with Crippen LogP contribution in [0.4, 0.5) is 0 Å². The molecule has 1 N–H and O–H groups in total. The summed E-state index contributed by atoms with van der Waals surface area (Å²) in [4.78, 5) is 13.9. The third-order valence-corrected chi connectivity index (χ3v) is 2.96. The zero-order valence-electron chi connectivity index (χ0n) is 10.3. The van der Waals surface area contributed by atoms with Crippen molar-refractivity contribution in [3.63, 3.8) is 0 Å². The molecule has 0 spiro atoms. The molecular weight excluding hydrogens is 190 g/mol. The highest BCUT2D eigenvalue weighted by Gasteiger charge is 2.31. The molecule has 0 aromatic heterocycles. The number of carbonyl (C=O) groups is 1. The minimum Gasteiger partial charge on any atom is -0.389 e. The maximum absolute atomic E-state index is 11.8. The van der Waals surface area contributed by atoms with E-state index in [1.165, 1.54) is 0 Å². The Morgan fingerprint density at radius 2 is 2.07 bits per heavy atom. The van der Waals surface area contributed by atoms with E-state index in [0.717, 1.165) is 19.4 Å². The van der Waals surface area contributed by atoms with Crippen molar-refractivity contribution in [3.8, 4) is 0 Å². The fraction of sp³-hybridized carbons (Fsp3) is 0.917. The number of nitrogens with zero attached hydrogens (tertiary/aromatic N) is 1. The van der Waals surface area contributed by atoms with E-state index < -0.39 is 5.60 Å². The molecule has 1 unspecified atom stereocenters. The highest BCUT2D eigenvalue weighted by atomic mass is 16.3. The van der Waals surface area contributed by atoms with Gasteiger partial charge in [-0.3, -0.25) is 9.69 Å². The quantitative estimate of drug-likeness (QED) is 0.754. The molecule has 0 saturated carbocycles. The molecule has 15 heavy (non-hydrogen) atoms. The molecule has 0 amide bonds. The molecule has 1 rings (SSSR count). The second-order valence-electron chi connectivity index (χ2n) is 5.98. The Morgan fingerprint density at radius 1 is 1.47 bits per heavy atom. The van der Waals surface area contributed by atoms with E-state index in [-0.39, 0.29) is 11.2 Å². The second kappa shape index (κ2) is 4.22. The van der Waals surface area contributed by atoms with Crippen LogP contribution in [0.1, 0.15) is 40.5 Å². The summed E-state index contributed by atoms with van der Waals surface area (Å²) in [6.07, 6.45) is 1.82. The Hall–Kier alpha value is -0.410. The van der Waals surface area contributed by atoms with Crippen molar-refractivity contribution in [2.24, 2.45) is 5.41 Å². The van der Waals surface area contributed by atoms with Crippen LogP contribution in [0.3, 0.4) is 0 Å². The van der Waals surface area contributed by atoms with Gasteiger partial charge in [0.05, 0.1) is 12.1 Å². The van der Waals surface area contributed by atoms with Gasteiger partial charge < -0.3 is 5.11 Å². The average Bonchev–Trinajstić information content (AvgIpc) is 2.00. The zero-order valence-corrected chi connectivity index (χ0v) is 10.3. The number of ketones is 1. The fourth-order valence-electron chi connectivity index (χ4n) is 1.90. The van der Waals surface area contributed by atoms with Crippen LogP contribution in [-0.2, 0) is 4.79 Å². The molecule has 0 bridgehead atoms. The van der Waals surface area contributed by atoms with Crippen LogP contribution >= 0.6 is 0 Å². The van der Waals surface area contributed by atoms with E-state index in [2.05, 4.69) is 4.90 Å². The fourth-order valence-corrected chi connectivity index (χ4v) is 1.90. The van der Waals surface area contributed by atoms with Gasteiger partial charge in [-0.05, 0) is 26.3 Å². The minimum atomic E-state index is -0.615. The zero-order chi connectivity index (χ0) is 11.7. The molecule has 3 nitrogen and oxygen atoms in total. The first-order chi connectivity index (χ1) is 6.71. The van der Waals surface area contributed by atoms with Gasteiger partial charge >= 0.3 is 0 Å². The largest absolute Gasteiger partial charge is 0.389 e. The van der Waals surface area contributed by atoms with Crippen LogP contribution in [0.25, 0.3) is 0 Å². The summed E-state index contributed by atoms with van der Waals surface area (Å²) in [5.74, 6) is 0.250. The van der Waals surface area contributed by atoms with Crippen LogP contribution < -0.4 is 0 Å². The maximum Gasteiger partial charge on any atom is 0.152 e. The van der Waals surface area contributed by atoms with E-state index in [1.54, 1.807) is 0 Å². The molecule has 3 heteroatoms. The summed E-state index contributed by atoms with van der Waals surface area (Å²) in [7, 11) is 0. The lowest BCUT2D eigenvalue weighted by molar-refractivity contribution is -0.129. The smallest absolute Gasteiger partial charge is 0.152 e. The lowest BCUT2D eigenvalue weighted by Crippen LogP contribution is -2.49. The van der Waals surface area contributed by atoms with E-state index >= 15 is 0 Å². The number of β-amino-alcohol motifs (C(OH)–C–C–N with tert-alkyl or cyclic N) is 1. The Balaban J connectivity index is 2.49. The number of Topliss-reactive ketones (excluding diaryl/α,β-unsaturated/α-hetero) is 1. The first-order valence-electron chi connectivity index (χ1n) is 5.69. The highest BCUT2D eigenvalue weighted by molar-refractivity contribution is 5.85. The molecule has 0 aliphatic carbocycles. The van der Waals surface area contributed by atoms with E-state index in [4.69, 9.17) is 0 Å². The summed E-state index contributed by atoms with van der Waals surface area (Å²) in [5.41, 5.74) is -0.889. The van der Waals surface area contributed by atoms with Gasteiger partial charge in [0, 0.05) is 12.0 Å². The molecular formula is C12H23NO2. The summed E-state index contributed by atoms with van der Waals surface area (Å²) < 4.78 is 0. The normalized spacial score (nSPS) is 29.1. The third kappa shape index (κ3) is 3.92. The number of hydrogen-bond acceptors (Lipinski definition) is 3. The van der Waals surface area contributed by atoms with Crippen LogP contribution in [0.2, 0.25) is 0 Å². The predicted molar refractivity (Wildman–Crippen MR) is 60.8 cm³/mol. The van der Waals surface area contributed by atoms with E-state index in [9.17, 15) is 9.90 Å². The van der Waals surface area contributed by atoms with Gasteiger partial charge in [0.15, 0.2) is 5.78 Å². The maximum atomic E-state index is 11.8. The van der Waals surface area contributed by atoms with Gasteiger partial charge in [-0.15, -0.1) is 0 Å². The third-order valence-electron chi connectivity index (χ3n) is 2.96. The number of aliphatic hydroxyl groups is 1. The van der Waals surface area contributed by atoms with Gasteiger partial charge in [0.25, 0.3) is 0 Å². The number of piperidine rings is 1. The van der Waals surface area contributed by atoms with Gasteiger partial charge in [0.1, 0.15) is 0 Å². The molecule has 1 aliphatic heterocycles. The lowest BCUT2D eigenvalue weighted by atomic mass is 9.89. The summed E-state index contributed by atoms with van der Waals surface area (Å²) >= 11 is 0. The van der Waals surface area contributed by atoms with Crippen molar-refractivity contribution >= 4 is 5.78 Å². The molecule has 1 heterocycles. The summed E-state index contributed by atoms with van der Waals surface area (Å²) in [6, 6.07) is 0. The first-order valence-corrected chi connectivity index (χ1v) is 5.69. The first kappa shape index (κ1) is 12.7. The Kier molecular flexibility index (Phi) is 3.56. The lowest BCUT2D eigenvalue weighted by Gasteiger charge is -2.37. The molecule has 0 aromatic rings. The van der Waals surface area contributed by atoms with Gasteiger partial charge in [-0.25, -0.2) is 0 Å². The summed E-state index contributed by atoms with van der Waals surface area (Å²) in [5, 5.41) is 9.91. The van der Waals surface area contributed by atoms with Crippen molar-refractivity contribution in [2.45, 2.75) is 46.1 Å². The number of hydrogen-bond donors (Lipinski definition) is 1. The van der Waals surface area contributed by atoms with Crippen molar-refractivity contribution in [1.82, 2.24) is 4.90 Å². The monoisotopic (exact) mass is 213 g/mol. The van der Waals surface area contributed by atoms with Crippen molar-refractivity contribution in [3.05, 3.63) is 0 Å². The van der Waals surface area contributed by atoms with Gasteiger partial charge in [0.2, 0.25) is 0 Å². The minimum absolute atomic E-state index is 0.250. The standard InChI is InChI=1S/C12H23NO2/c1-11(2,3)10(14)8-13-7-5-6-12(4,15)9-13/h15H,5-9H2,1-4H3. The number of likely N-dealkylation sites (tertiary alicyclic amines) is 1. The predicted octanol–water partition coefficient (Wildman–Crippen LogP) is 1.45. The number of carbonyl (C=O) groups excluding carboxylic acids is 1. The molecule has 1 fully saturated rings. The highest BCUT2D eigenvalue weighted by Crippen LogP contribution is 2.22. The van der Waals surface area contributed by atoms with Crippen molar-refractivity contribution in [1.29, 1.82) is 0 Å². The van der Waals surface area contributed by atoms with Crippen molar-refractivity contribution < 1.29 is 9.90 Å². The molecule has 1 aliphatic rings. The van der Waals surface area contributed by atoms with Gasteiger partial charge in [-0.1, -0.05) is 20.8 Å². The molecule has 88 valence electrons. The van der Waals surface area contributed by atoms with E-state index in [0.29, 0.717) is 13.1 Å². The van der Waals surface area contributed by atoms with Crippen LogP contribution in [0, 0.1) is 5.41 Å². The SMILES string of the molecule is CC1(O)CCCN(CC(=O)C(C)(C)C)C1. The Morgan fingerprint density at radius 3 is 2.53 bits per heavy atom. The Labute approximate surface area is 92.5 Å². The van der Waals surface area contributed by atoms with Crippen LogP contribution in [-0.4, -0.2) is 41.0 Å². The molecule has 0 aromatic carbocycles. The van der Waals surface area contributed by atoms with Crippen LogP contribution in [0.5, 0.6) is 0 Å². The van der Waals surface area contributed by atoms with E-state index in [1.807, 2.05) is 27.7 Å². The van der Waals surface area contributed by atoms with Crippen LogP contribution in [0.15, 0.2) is 0 Å².